The van der Waals surface area contributed by atoms with Crippen LogP contribution in [0.4, 0.5) is 5.69 Å². The van der Waals surface area contributed by atoms with Crippen molar-refractivity contribution in [2.45, 2.75) is 20.4 Å². The molecule has 0 fully saturated rings. The summed E-state index contributed by atoms with van der Waals surface area (Å²) >= 11 is 5.88. The van der Waals surface area contributed by atoms with Gasteiger partial charge in [-0.3, -0.25) is 4.90 Å². The van der Waals surface area contributed by atoms with Crippen molar-refractivity contribution in [3.63, 3.8) is 0 Å². The molecule has 0 radical (unpaired) electrons. The van der Waals surface area contributed by atoms with E-state index in [1.54, 1.807) is 0 Å². The van der Waals surface area contributed by atoms with Crippen molar-refractivity contribution in [2.75, 3.05) is 18.8 Å². The molecule has 1 aromatic rings. The molecule has 0 bridgehead atoms. The summed E-state index contributed by atoms with van der Waals surface area (Å²) in [6.07, 6.45) is 0. The first-order valence-electron chi connectivity index (χ1n) is 5.43. The molecule has 2 N–H and O–H groups in total. The van der Waals surface area contributed by atoms with E-state index in [0.717, 1.165) is 19.6 Å². The average Bonchev–Trinajstić information content (AvgIpc) is 2.22. The molecule has 0 aromatic heterocycles. The van der Waals surface area contributed by atoms with Gasteiger partial charge in [0.05, 0.1) is 10.7 Å². The Kier molecular flexibility index (Phi) is 4.84. The van der Waals surface area contributed by atoms with Crippen LogP contribution in [-0.4, -0.2) is 18.0 Å². The van der Waals surface area contributed by atoms with Crippen LogP contribution in [0.15, 0.2) is 30.4 Å². The Hall–Kier alpha value is -0.990. The third-order valence-electron chi connectivity index (χ3n) is 2.41. The molecule has 0 heterocycles. The molecule has 0 aliphatic heterocycles. The molecule has 0 aliphatic carbocycles. The number of rotatable bonds is 5. The topological polar surface area (TPSA) is 29.3 Å². The predicted octanol–water partition coefficient (Wildman–Crippen LogP) is 3.32. The van der Waals surface area contributed by atoms with Gasteiger partial charge in [0.15, 0.2) is 0 Å². The lowest BCUT2D eigenvalue weighted by Gasteiger charge is -2.20. The van der Waals surface area contributed by atoms with E-state index in [1.807, 2.05) is 25.1 Å². The Morgan fingerprint density at radius 2 is 2.19 bits per heavy atom. The highest BCUT2D eigenvalue weighted by Crippen LogP contribution is 2.20. The molecule has 0 atom stereocenters. The molecule has 0 aliphatic rings. The van der Waals surface area contributed by atoms with E-state index in [-0.39, 0.29) is 0 Å². The maximum absolute atomic E-state index is 5.88. The van der Waals surface area contributed by atoms with Gasteiger partial charge in [-0.2, -0.15) is 0 Å². The summed E-state index contributed by atoms with van der Waals surface area (Å²) in [6, 6.07) is 5.80. The summed E-state index contributed by atoms with van der Waals surface area (Å²) < 4.78 is 0. The summed E-state index contributed by atoms with van der Waals surface area (Å²) in [4.78, 5) is 2.31. The Morgan fingerprint density at radius 1 is 1.50 bits per heavy atom. The minimum atomic E-state index is 0.617. The van der Waals surface area contributed by atoms with Crippen LogP contribution in [0, 0.1) is 0 Å². The fraction of sp³-hybridized carbons (Fsp3) is 0.385. The molecule has 16 heavy (non-hydrogen) atoms. The third kappa shape index (κ3) is 3.87. The highest BCUT2D eigenvalue weighted by atomic mass is 35.5. The number of likely N-dealkylation sites (N-methyl/N-ethyl adjacent to an activating group) is 1. The maximum Gasteiger partial charge on any atom is 0.0635 e. The number of halogens is 1. The number of nitrogens with zero attached hydrogens (tertiary/aromatic N) is 1. The van der Waals surface area contributed by atoms with Crippen molar-refractivity contribution in [1.29, 1.82) is 0 Å². The van der Waals surface area contributed by atoms with Crippen LogP contribution >= 0.6 is 11.6 Å². The second-order valence-corrected chi connectivity index (χ2v) is 4.52. The maximum atomic E-state index is 5.88. The molecule has 88 valence electrons. The average molecular weight is 239 g/mol. The van der Waals surface area contributed by atoms with Crippen molar-refractivity contribution >= 4 is 17.3 Å². The highest BCUT2D eigenvalue weighted by molar-refractivity contribution is 6.33. The second kappa shape index (κ2) is 5.92. The van der Waals surface area contributed by atoms with E-state index in [1.165, 1.54) is 11.1 Å². The first-order chi connectivity index (χ1) is 7.52. The summed E-state index contributed by atoms with van der Waals surface area (Å²) in [7, 11) is 0. The zero-order chi connectivity index (χ0) is 12.1. The molecule has 0 spiro atoms. The normalized spacial score (nSPS) is 10.8. The van der Waals surface area contributed by atoms with Crippen LogP contribution in [0.1, 0.15) is 19.4 Å². The molecular formula is C13H19ClN2. The Bertz CT molecular complexity index is 374. The van der Waals surface area contributed by atoms with Gasteiger partial charge in [0.1, 0.15) is 0 Å². The number of nitrogen functional groups attached to an aromatic ring is 1. The zero-order valence-corrected chi connectivity index (χ0v) is 10.7. The fourth-order valence-corrected chi connectivity index (χ4v) is 1.73. The van der Waals surface area contributed by atoms with Gasteiger partial charge in [-0.05, 0) is 31.2 Å². The number of hydrogen-bond donors (Lipinski definition) is 1. The third-order valence-corrected chi connectivity index (χ3v) is 2.75. The standard InChI is InChI=1S/C13H19ClN2/c1-4-16(8-10(2)3)9-11-5-6-12(14)13(15)7-11/h5-7H,2,4,8-9,15H2,1,3H3. The highest BCUT2D eigenvalue weighted by Gasteiger charge is 2.05. The van der Waals surface area contributed by atoms with Crippen LogP contribution in [0.3, 0.4) is 0 Å². The fourth-order valence-electron chi connectivity index (χ4n) is 1.61. The SMILES string of the molecule is C=C(C)CN(CC)Cc1ccc(Cl)c(N)c1. The predicted molar refractivity (Wildman–Crippen MR) is 71.6 cm³/mol. The molecule has 1 aromatic carbocycles. The quantitative estimate of drug-likeness (QED) is 0.630. The van der Waals surface area contributed by atoms with Crippen molar-refractivity contribution < 1.29 is 0 Å². The monoisotopic (exact) mass is 238 g/mol. The minimum Gasteiger partial charge on any atom is -0.398 e. The first kappa shape index (κ1) is 13.1. The van der Waals surface area contributed by atoms with Gasteiger partial charge >= 0.3 is 0 Å². The van der Waals surface area contributed by atoms with Crippen molar-refractivity contribution in [3.05, 3.63) is 40.9 Å². The van der Waals surface area contributed by atoms with E-state index in [9.17, 15) is 0 Å². The minimum absolute atomic E-state index is 0.617. The van der Waals surface area contributed by atoms with Gasteiger partial charge in [0, 0.05) is 13.1 Å². The van der Waals surface area contributed by atoms with Crippen molar-refractivity contribution in [3.8, 4) is 0 Å². The lowest BCUT2D eigenvalue weighted by Crippen LogP contribution is -2.24. The molecule has 0 saturated carbocycles. The van der Waals surface area contributed by atoms with Gasteiger partial charge in [-0.15, -0.1) is 0 Å². The lowest BCUT2D eigenvalue weighted by molar-refractivity contribution is 0.304. The van der Waals surface area contributed by atoms with Crippen LogP contribution in [0.25, 0.3) is 0 Å². The Labute approximate surface area is 103 Å². The van der Waals surface area contributed by atoms with Gasteiger partial charge in [0.25, 0.3) is 0 Å². The van der Waals surface area contributed by atoms with E-state index < -0.39 is 0 Å². The summed E-state index contributed by atoms with van der Waals surface area (Å²) in [6.45, 7) is 10.9. The van der Waals surface area contributed by atoms with Crippen LogP contribution in [0.5, 0.6) is 0 Å². The van der Waals surface area contributed by atoms with E-state index >= 15 is 0 Å². The van der Waals surface area contributed by atoms with Gasteiger partial charge in [-0.1, -0.05) is 36.7 Å². The van der Waals surface area contributed by atoms with Gasteiger partial charge in [-0.25, -0.2) is 0 Å². The molecule has 0 unspecified atom stereocenters. The largest absolute Gasteiger partial charge is 0.398 e. The van der Waals surface area contributed by atoms with Crippen molar-refractivity contribution in [2.24, 2.45) is 0 Å². The van der Waals surface area contributed by atoms with Gasteiger partial charge in [0.2, 0.25) is 0 Å². The smallest absolute Gasteiger partial charge is 0.0635 e. The molecule has 1 rings (SSSR count). The number of hydrogen-bond acceptors (Lipinski definition) is 2. The Morgan fingerprint density at radius 3 is 2.69 bits per heavy atom. The molecule has 0 amide bonds. The van der Waals surface area contributed by atoms with E-state index in [4.69, 9.17) is 17.3 Å². The van der Waals surface area contributed by atoms with Crippen LogP contribution in [0.2, 0.25) is 5.02 Å². The number of benzene rings is 1. The first-order valence-corrected chi connectivity index (χ1v) is 5.81. The zero-order valence-electron chi connectivity index (χ0n) is 9.96. The molecule has 0 saturated heterocycles. The van der Waals surface area contributed by atoms with E-state index in [0.29, 0.717) is 10.7 Å². The summed E-state index contributed by atoms with van der Waals surface area (Å²) in [5.74, 6) is 0. The van der Waals surface area contributed by atoms with Gasteiger partial charge < -0.3 is 5.73 Å². The Balaban J connectivity index is 2.70. The second-order valence-electron chi connectivity index (χ2n) is 4.12. The summed E-state index contributed by atoms with van der Waals surface area (Å²) in [5.41, 5.74) is 8.77. The van der Waals surface area contributed by atoms with Crippen molar-refractivity contribution in [1.82, 2.24) is 4.90 Å². The van der Waals surface area contributed by atoms with Crippen LogP contribution in [-0.2, 0) is 6.54 Å². The molecular weight excluding hydrogens is 220 g/mol. The summed E-state index contributed by atoms with van der Waals surface area (Å²) in [5, 5.41) is 0.617. The molecule has 2 nitrogen and oxygen atoms in total. The number of nitrogens with two attached hydrogens (primary N) is 1. The molecule has 3 heteroatoms. The lowest BCUT2D eigenvalue weighted by atomic mass is 10.2. The van der Waals surface area contributed by atoms with E-state index in [2.05, 4.69) is 18.4 Å². The number of anilines is 1. The van der Waals surface area contributed by atoms with Crippen LogP contribution < -0.4 is 5.73 Å².